The molecule has 170 valence electrons. The molecule has 2 amide bonds. The number of hydrogen-bond donors (Lipinski definition) is 2. The zero-order valence-electron chi connectivity index (χ0n) is 19.0. The topological polar surface area (TPSA) is 79.8 Å². The van der Waals surface area contributed by atoms with E-state index < -0.39 is 11.8 Å². The Morgan fingerprint density at radius 3 is 2.44 bits per heavy atom. The second kappa shape index (κ2) is 10.4. The van der Waals surface area contributed by atoms with Gasteiger partial charge >= 0.3 is 11.8 Å². The van der Waals surface area contributed by atoms with Gasteiger partial charge in [-0.3, -0.25) is 9.59 Å². The first-order valence-corrected chi connectivity index (χ1v) is 10.9. The van der Waals surface area contributed by atoms with Crippen LogP contribution in [-0.4, -0.2) is 18.0 Å². The van der Waals surface area contributed by atoms with Crippen molar-refractivity contribution in [2.24, 2.45) is 5.10 Å². The summed E-state index contributed by atoms with van der Waals surface area (Å²) in [5.41, 5.74) is 6.59. The van der Waals surface area contributed by atoms with Crippen LogP contribution < -0.4 is 15.5 Å². The van der Waals surface area contributed by atoms with E-state index >= 15 is 0 Å². The minimum absolute atomic E-state index is 0.394. The Kier molecular flexibility index (Phi) is 6.98. The molecular formula is C28H25N3O3. The van der Waals surface area contributed by atoms with Crippen LogP contribution in [0.2, 0.25) is 0 Å². The molecule has 0 unspecified atom stereocenters. The molecule has 34 heavy (non-hydrogen) atoms. The summed E-state index contributed by atoms with van der Waals surface area (Å²) in [7, 11) is 0. The molecule has 2 N–H and O–H groups in total. The Bertz CT molecular complexity index is 1360. The Hall–Kier alpha value is -4.45. The van der Waals surface area contributed by atoms with E-state index in [1.165, 1.54) is 6.21 Å². The van der Waals surface area contributed by atoms with Gasteiger partial charge in [-0.1, -0.05) is 78.4 Å². The van der Waals surface area contributed by atoms with Gasteiger partial charge in [-0.15, -0.1) is 0 Å². The molecule has 0 bridgehead atoms. The number of ether oxygens (including phenoxy) is 1. The second-order valence-electron chi connectivity index (χ2n) is 7.94. The number of carbonyl (C=O) groups is 2. The van der Waals surface area contributed by atoms with E-state index in [9.17, 15) is 9.59 Å². The molecule has 4 aromatic carbocycles. The summed E-state index contributed by atoms with van der Waals surface area (Å²) in [6, 6.07) is 27.1. The van der Waals surface area contributed by atoms with Crippen molar-refractivity contribution in [2.45, 2.75) is 20.5 Å². The number of fused-ring (bicyclic) bond motifs is 1. The summed E-state index contributed by atoms with van der Waals surface area (Å²) in [6.07, 6.45) is 1.50. The van der Waals surface area contributed by atoms with Gasteiger partial charge in [0.1, 0.15) is 12.4 Å². The number of nitrogens with zero attached hydrogens (tertiary/aromatic N) is 1. The van der Waals surface area contributed by atoms with Crippen LogP contribution in [0, 0.1) is 13.8 Å². The molecule has 0 heterocycles. The van der Waals surface area contributed by atoms with Gasteiger partial charge in [0.05, 0.1) is 6.21 Å². The summed E-state index contributed by atoms with van der Waals surface area (Å²) in [6.45, 7) is 4.23. The van der Waals surface area contributed by atoms with E-state index in [0.717, 1.165) is 27.5 Å². The fourth-order valence-electron chi connectivity index (χ4n) is 3.61. The van der Waals surface area contributed by atoms with Crippen molar-refractivity contribution in [1.82, 2.24) is 5.43 Å². The predicted molar refractivity (Wildman–Crippen MR) is 135 cm³/mol. The van der Waals surface area contributed by atoms with Crippen LogP contribution in [0.3, 0.4) is 0 Å². The van der Waals surface area contributed by atoms with Crippen molar-refractivity contribution in [3.8, 4) is 5.75 Å². The first-order chi connectivity index (χ1) is 16.5. The number of amides is 2. The molecule has 0 fully saturated rings. The molecule has 0 spiro atoms. The maximum atomic E-state index is 12.3. The van der Waals surface area contributed by atoms with Crippen molar-refractivity contribution in [1.29, 1.82) is 0 Å². The number of benzene rings is 4. The zero-order chi connectivity index (χ0) is 23.9. The molecule has 0 aliphatic heterocycles. The van der Waals surface area contributed by atoms with Gasteiger partial charge in [0, 0.05) is 11.3 Å². The number of hydrogen-bond acceptors (Lipinski definition) is 4. The third-order valence-corrected chi connectivity index (χ3v) is 5.36. The number of nitrogens with one attached hydrogen (secondary N) is 2. The SMILES string of the molecule is Cc1ccc(NC(=O)C(=O)N/N=C/c2c(OCc3ccccc3)ccc3ccccc23)c(C)c1. The highest BCUT2D eigenvalue weighted by Gasteiger charge is 2.14. The lowest BCUT2D eigenvalue weighted by Gasteiger charge is -2.12. The molecular weight excluding hydrogens is 426 g/mol. The van der Waals surface area contributed by atoms with E-state index in [-0.39, 0.29) is 0 Å². The maximum absolute atomic E-state index is 12.3. The lowest BCUT2D eigenvalue weighted by atomic mass is 10.0. The van der Waals surface area contributed by atoms with E-state index in [1.807, 2.05) is 92.7 Å². The summed E-state index contributed by atoms with van der Waals surface area (Å²) in [4.78, 5) is 24.6. The quantitative estimate of drug-likeness (QED) is 0.242. The van der Waals surface area contributed by atoms with Crippen molar-refractivity contribution in [3.63, 3.8) is 0 Å². The van der Waals surface area contributed by atoms with Crippen LogP contribution in [0.4, 0.5) is 5.69 Å². The van der Waals surface area contributed by atoms with Crippen molar-refractivity contribution < 1.29 is 14.3 Å². The summed E-state index contributed by atoms with van der Waals surface area (Å²) < 4.78 is 6.05. The molecule has 0 saturated heterocycles. The van der Waals surface area contributed by atoms with E-state index in [2.05, 4.69) is 15.8 Å². The lowest BCUT2D eigenvalue weighted by Crippen LogP contribution is -2.32. The molecule has 0 aliphatic carbocycles. The van der Waals surface area contributed by atoms with Gasteiger partial charge in [0.2, 0.25) is 0 Å². The third-order valence-electron chi connectivity index (χ3n) is 5.36. The van der Waals surface area contributed by atoms with Gasteiger partial charge in [-0.25, -0.2) is 5.43 Å². The number of rotatable bonds is 6. The van der Waals surface area contributed by atoms with Gasteiger partial charge in [-0.2, -0.15) is 5.10 Å². The van der Waals surface area contributed by atoms with E-state index in [1.54, 1.807) is 6.07 Å². The minimum atomic E-state index is -0.858. The smallest absolute Gasteiger partial charge is 0.329 e. The first-order valence-electron chi connectivity index (χ1n) is 10.9. The second-order valence-corrected chi connectivity index (χ2v) is 7.94. The van der Waals surface area contributed by atoms with Crippen molar-refractivity contribution >= 4 is 34.5 Å². The Balaban J connectivity index is 1.50. The Morgan fingerprint density at radius 2 is 1.65 bits per heavy atom. The molecule has 0 saturated carbocycles. The van der Waals surface area contributed by atoms with Gasteiger partial charge < -0.3 is 10.1 Å². The Morgan fingerprint density at radius 1 is 0.882 bits per heavy atom. The number of aryl methyl sites for hydroxylation is 2. The average Bonchev–Trinajstić information content (AvgIpc) is 2.85. The largest absolute Gasteiger partial charge is 0.488 e. The predicted octanol–water partition coefficient (Wildman–Crippen LogP) is 5.12. The van der Waals surface area contributed by atoms with E-state index in [0.29, 0.717) is 23.6 Å². The van der Waals surface area contributed by atoms with Crippen LogP contribution in [0.25, 0.3) is 10.8 Å². The lowest BCUT2D eigenvalue weighted by molar-refractivity contribution is -0.136. The first kappa shape index (κ1) is 22.7. The highest BCUT2D eigenvalue weighted by Crippen LogP contribution is 2.27. The molecule has 4 aromatic rings. The number of carbonyl (C=O) groups excluding carboxylic acids is 2. The standard InChI is InChI=1S/C28H25N3O3/c1-19-12-14-25(20(2)16-19)30-27(32)28(33)31-29-17-24-23-11-7-6-10-22(23)13-15-26(24)34-18-21-8-4-3-5-9-21/h3-17H,18H2,1-2H3,(H,30,32)(H,31,33)/b29-17+. The van der Waals surface area contributed by atoms with Crippen LogP contribution >= 0.6 is 0 Å². The highest BCUT2D eigenvalue weighted by molar-refractivity contribution is 6.39. The molecule has 0 radical (unpaired) electrons. The molecule has 6 nitrogen and oxygen atoms in total. The monoisotopic (exact) mass is 451 g/mol. The number of hydrazone groups is 1. The zero-order valence-corrected chi connectivity index (χ0v) is 19.0. The van der Waals surface area contributed by atoms with Crippen LogP contribution in [0.15, 0.2) is 90.0 Å². The molecule has 0 aromatic heterocycles. The Labute approximate surface area is 198 Å². The van der Waals surface area contributed by atoms with Gasteiger partial charge in [0.15, 0.2) is 0 Å². The number of anilines is 1. The van der Waals surface area contributed by atoms with Crippen molar-refractivity contribution in [3.05, 3.63) is 107 Å². The average molecular weight is 452 g/mol. The maximum Gasteiger partial charge on any atom is 0.329 e. The summed E-state index contributed by atoms with van der Waals surface area (Å²) in [5, 5.41) is 8.59. The highest BCUT2D eigenvalue weighted by atomic mass is 16.5. The molecule has 4 rings (SSSR count). The summed E-state index contributed by atoms with van der Waals surface area (Å²) in [5.74, 6) is -1.02. The van der Waals surface area contributed by atoms with Crippen LogP contribution in [0.1, 0.15) is 22.3 Å². The van der Waals surface area contributed by atoms with Gasteiger partial charge in [-0.05, 0) is 47.9 Å². The fourth-order valence-corrected chi connectivity index (χ4v) is 3.61. The molecule has 6 heteroatoms. The van der Waals surface area contributed by atoms with Crippen molar-refractivity contribution in [2.75, 3.05) is 5.32 Å². The van der Waals surface area contributed by atoms with Gasteiger partial charge in [0.25, 0.3) is 0 Å². The van der Waals surface area contributed by atoms with E-state index in [4.69, 9.17) is 4.74 Å². The van der Waals surface area contributed by atoms with Crippen LogP contribution in [-0.2, 0) is 16.2 Å². The third kappa shape index (κ3) is 5.48. The molecule has 0 atom stereocenters. The fraction of sp³-hybridized carbons (Fsp3) is 0.107. The summed E-state index contributed by atoms with van der Waals surface area (Å²) >= 11 is 0. The minimum Gasteiger partial charge on any atom is -0.488 e. The van der Waals surface area contributed by atoms with Crippen LogP contribution in [0.5, 0.6) is 5.75 Å². The normalized spacial score (nSPS) is 10.9. The molecule has 0 aliphatic rings.